The Balaban J connectivity index is 0.796. The highest BCUT2D eigenvalue weighted by molar-refractivity contribution is 6.13. The van der Waals surface area contributed by atoms with Gasteiger partial charge >= 0.3 is 12.1 Å². The average molecular weight is 1630 g/mol. The van der Waals surface area contributed by atoms with Crippen LogP contribution < -0.4 is 52.3 Å². The van der Waals surface area contributed by atoms with Crippen LogP contribution in [0.1, 0.15) is 114 Å². The Morgan fingerprint density at radius 3 is 1.57 bits per heavy atom. The van der Waals surface area contributed by atoms with E-state index in [4.69, 9.17) is 80.8 Å². The number of ether oxygens (including phenoxy) is 16. The number of nitrogens with zero attached hydrogens (tertiary/aromatic N) is 3. The van der Waals surface area contributed by atoms with Crippen LogP contribution in [0.5, 0.6) is 11.5 Å². The van der Waals surface area contributed by atoms with Crippen LogP contribution in [0.4, 0.5) is 4.79 Å². The highest BCUT2D eigenvalue weighted by Crippen LogP contribution is 2.42. The summed E-state index contributed by atoms with van der Waals surface area (Å²) in [7, 11) is 1.63. The number of fused-ring (bicyclic) bond motifs is 6. The Morgan fingerprint density at radius 2 is 1.05 bits per heavy atom. The first kappa shape index (κ1) is 93.3. The van der Waals surface area contributed by atoms with Gasteiger partial charge in [0.1, 0.15) is 30.3 Å². The number of aliphatic hydroxyl groups is 1. The van der Waals surface area contributed by atoms with Gasteiger partial charge in [-0.05, 0) is 82.9 Å². The van der Waals surface area contributed by atoms with Gasteiger partial charge in [0.25, 0.3) is 17.4 Å². The molecule has 0 saturated carbocycles. The first-order chi connectivity index (χ1) is 55.5. The van der Waals surface area contributed by atoms with Crippen molar-refractivity contribution < 1.29 is 129 Å². The van der Waals surface area contributed by atoms with Crippen LogP contribution in [0.2, 0.25) is 0 Å². The number of pyridine rings is 2. The van der Waals surface area contributed by atoms with Gasteiger partial charge < -0.3 is 123 Å². The van der Waals surface area contributed by atoms with Crippen LogP contribution in [0.15, 0.2) is 35.1 Å². The molecule has 2 aromatic heterocycles. The number of benzene rings is 1. The van der Waals surface area contributed by atoms with Crippen molar-refractivity contribution in [2.75, 3.05) is 192 Å². The third-order valence-corrected chi connectivity index (χ3v) is 17.9. The number of alkyl carbamates (subject to hydrolysis) is 1. The fourth-order valence-electron chi connectivity index (χ4n) is 11.9. The van der Waals surface area contributed by atoms with E-state index in [9.17, 15) is 57.8 Å². The summed E-state index contributed by atoms with van der Waals surface area (Å²) < 4.78 is 88.6. The number of methoxy groups -OCH3 is 1. The predicted molar refractivity (Wildman–Crippen MR) is 408 cm³/mol. The Bertz CT molecular complexity index is 3720. The monoisotopic (exact) mass is 1630 g/mol. The number of hydrogen-bond acceptors (Lipinski definition) is 29. The summed E-state index contributed by atoms with van der Waals surface area (Å²) in [5, 5.41) is 30.4. The van der Waals surface area contributed by atoms with Crippen molar-refractivity contribution in [1.29, 1.82) is 0 Å². The van der Waals surface area contributed by atoms with Crippen molar-refractivity contribution in [2.24, 2.45) is 5.92 Å². The highest BCUT2D eigenvalue weighted by Gasteiger charge is 2.37. The molecular weight excluding hydrogens is 1510 g/mol. The van der Waals surface area contributed by atoms with Gasteiger partial charge in [-0.2, -0.15) is 0 Å². The largest absolute Gasteiger partial charge is 0.458 e. The molecule has 4 aliphatic rings. The molecule has 0 spiro atoms. The Kier molecular flexibility index (Phi) is 41.5. The number of aromatic nitrogens is 2. The number of aliphatic hydroxyl groups excluding tert-OH is 1. The van der Waals surface area contributed by atoms with E-state index in [1.807, 2.05) is 0 Å². The summed E-state index contributed by atoms with van der Waals surface area (Å²) in [4.78, 5) is 152. The lowest BCUT2D eigenvalue weighted by Crippen LogP contribution is -2.58. The van der Waals surface area contributed by atoms with Crippen LogP contribution in [0, 0.1) is 5.92 Å². The second-order valence-electron chi connectivity index (χ2n) is 28.1. The van der Waals surface area contributed by atoms with E-state index in [-0.39, 0.29) is 122 Å². The molecule has 0 aliphatic carbocycles. The molecular formula is C77H114N10O28. The van der Waals surface area contributed by atoms with E-state index in [2.05, 4.69) is 37.2 Å². The number of imide groups is 1. The zero-order chi connectivity index (χ0) is 82.7. The SMILES string of the molecule is COCCOCCOCCOCCOCCOCCOCCOCCOCCOCCOCCOCCC(=O)NCCCC[C@H](NC(=O)CCN1C(=O)C=CC1=O)C(=O)N[C@H](C(=O)N[C@@H](CCCCNC(=O)OC(C)(C)C)C(=O)NCC(=O)NCc1c2c(nc3cc4c(cc13)OCO4)-c1cc3c(c(=O)n1C2)COC(=O)[C@H]3O)C(C)C. The summed E-state index contributed by atoms with van der Waals surface area (Å²) in [5.41, 5.74) is 1.13. The summed E-state index contributed by atoms with van der Waals surface area (Å²) >= 11 is 0. The van der Waals surface area contributed by atoms with Gasteiger partial charge in [0.2, 0.25) is 42.2 Å². The van der Waals surface area contributed by atoms with E-state index in [0.717, 1.165) is 17.1 Å². The van der Waals surface area contributed by atoms with Gasteiger partial charge in [-0.25, -0.2) is 14.6 Å². The zero-order valence-electron chi connectivity index (χ0n) is 66.7. The molecule has 8 N–H and O–H groups in total. The highest BCUT2D eigenvalue weighted by atomic mass is 16.7. The number of unbranched alkanes of at least 4 members (excludes halogenated alkanes) is 2. The summed E-state index contributed by atoms with van der Waals surface area (Å²) in [6.07, 6.45) is 0.756. The number of amides is 9. The minimum atomic E-state index is -1.69. The van der Waals surface area contributed by atoms with Crippen LogP contribution in [0.25, 0.3) is 22.3 Å². The van der Waals surface area contributed by atoms with Crippen LogP contribution >= 0.6 is 0 Å². The minimum absolute atomic E-state index is 0.00269. The number of rotatable bonds is 60. The van der Waals surface area contributed by atoms with E-state index in [0.29, 0.717) is 190 Å². The Labute approximate surface area is 667 Å². The van der Waals surface area contributed by atoms with E-state index < -0.39 is 101 Å². The third-order valence-electron chi connectivity index (χ3n) is 17.9. The van der Waals surface area contributed by atoms with Gasteiger partial charge in [-0.15, -0.1) is 0 Å². The number of esters is 1. The standard InChI is InChI=1S/C77H114N10O28/c1-51(2)68(73(96)84-57(11-8-10-18-79-76(99)115-77(3,4)5)71(94)81-47-65(90)80-46-54-52-44-61-62(114-50-113-61)45-59(52)83-69-55(54)48-87-60(69)43-53-56(74(87)97)49-112-75(98)70(53)93)85-72(95)58(82-64(89)15-19-86-66(91)13-14-67(86)92)12-7-9-17-78-63(88)16-20-101-23-24-103-27-28-105-31-32-107-35-36-109-39-40-111-42-41-110-38-37-108-34-33-106-30-29-104-26-25-102-22-21-100-6/h13-14,43-45,51,57-58,68,70,93H,7-12,15-42,46-50H2,1-6H3,(H,78,88)(H,79,99)(H,80,90)(H,81,94)(H,82,89)(H,84,96)(H,85,95)/t57-,58-,68-,70-/m0/s1. The Hall–Kier alpha value is -8.90. The molecule has 0 radical (unpaired) electrons. The van der Waals surface area contributed by atoms with Crippen molar-refractivity contribution in [1.82, 2.24) is 51.7 Å². The fraction of sp³-hybridized carbons (Fsp3) is 0.662. The third kappa shape index (κ3) is 33.0. The number of hydrogen-bond donors (Lipinski definition) is 8. The zero-order valence-corrected chi connectivity index (χ0v) is 66.7. The Morgan fingerprint density at radius 1 is 0.548 bits per heavy atom. The van der Waals surface area contributed by atoms with Gasteiger partial charge in [-0.3, -0.25) is 48.1 Å². The second kappa shape index (κ2) is 51.2. The summed E-state index contributed by atoms with van der Waals surface area (Å²) in [5.74, 6) is -5.86. The van der Waals surface area contributed by atoms with Gasteiger partial charge in [-0.1, -0.05) is 13.8 Å². The van der Waals surface area contributed by atoms with Crippen LogP contribution in [-0.4, -0.2) is 295 Å². The van der Waals surface area contributed by atoms with Gasteiger partial charge in [0.15, 0.2) is 17.6 Å². The smallest absolute Gasteiger partial charge is 0.407 e. The van der Waals surface area contributed by atoms with Gasteiger partial charge in [0.05, 0.1) is 188 Å². The molecule has 115 heavy (non-hydrogen) atoms. The molecule has 0 saturated heterocycles. The molecule has 0 unspecified atom stereocenters. The number of carbonyl (C=O) groups excluding carboxylic acids is 10. The lowest BCUT2D eigenvalue weighted by molar-refractivity contribution is -0.157. The maximum atomic E-state index is 14.5. The normalized spacial score (nSPS) is 14.8. The quantitative estimate of drug-likeness (QED) is 0.0170. The van der Waals surface area contributed by atoms with Crippen molar-refractivity contribution in [3.8, 4) is 22.9 Å². The molecule has 3 aromatic rings. The van der Waals surface area contributed by atoms with Gasteiger partial charge in [0, 0.05) is 80.9 Å². The van der Waals surface area contributed by atoms with Crippen LogP contribution in [0.3, 0.4) is 0 Å². The first-order valence-electron chi connectivity index (χ1n) is 39.0. The number of nitrogens with one attached hydrogen (secondary N) is 7. The molecule has 9 amide bonds. The number of carbonyl (C=O) groups is 10. The topological polar surface area (TPSA) is 461 Å². The second-order valence-corrected chi connectivity index (χ2v) is 28.1. The molecule has 0 bridgehead atoms. The van der Waals surface area contributed by atoms with Crippen molar-refractivity contribution >= 4 is 70.2 Å². The molecule has 1 aromatic carbocycles. The van der Waals surface area contributed by atoms with Crippen LogP contribution in [-0.2, 0) is 129 Å². The lowest BCUT2D eigenvalue weighted by atomic mass is 9.98. The molecule has 38 nitrogen and oxygen atoms in total. The van der Waals surface area contributed by atoms with Crippen molar-refractivity contribution in [2.45, 2.75) is 136 Å². The predicted octanol–water partition coefficient (Wildman–Crippen LogP) is 0.603. The minimum Gasteiger partial charge on any atom is -0.458 e. The summed E-state index contributed by atoms with van der Waals surface area (Å²) in [6.45, 7) is 17.0. The first-order valence-corrected chi connectivity index (χ1v) is 39.0. The van der Waals surface area contributed by atoms with E-state index >= 15 is 0 Å². The van der Waals surface area contributed by atoms with E-state index in [1.54, 1.807) is 53.9 Å². The number of cyclic esters (lactones) is 1. The van der Waals surface area contributed by atoms with Crippen molar-refractivity contribution in [3.05, 3.63) is 63.0 Å². The van der Waals surface area contributed by atoms with E-state index in [1.165, 1.54) is 10.6 Å². The molecule has 7 rings (SSSR count). The molecule has 640 valence electrons. The molecule has 4 atom stereocenters. The van der Waals surface area contributed by atoms with Crippen molar-refractivity contribution in [3.63, 3.8) is 0 Å². The maximum Gasteiger partial charge on any atom is 0.407 e. The molecule has 38 heteroatoms. The molecule has 0 fully saturated rings. The summed E-state index contributed by atoms with van der Waals surface area (Å²) in [6, 6.07) is 1.01. The average Bonchev–Trinajstić information content (AvgIpc) is 1.58. The molecule has 6 heterocycles. The fourth-order valence-corrected chi connectivity index (χ4v) is 11.9. The molecule has 4 aliphatic heterocycles. The lowest BCUT2D eigenvalue weighted by Gasteiger charge is -2.27. The maximum absolute atomic E-state index is 14.5.